The molecule has 0 spiro atoms. The van der Waals surface area contributed by atoms with Gasteiger partial charge in [-0.25, -0.2) is 0 Å². The molecular formula is C19H20BrNO4. The number of methoxy groups -OCH3 is 1. The second-order valence-corrected chi connectivity index (χ2v) is 6.34. The summed E-state index contributed by atoms with van der Waals surface area (Å²) in [4.78, 5) is 23.3. The Balaban J connectivity index is 1.79. The molecule has 0 radical (unpaired) electrons. The minimum absolute atomic E-state index is 0.0329. The van der Waals surface area contributed by atoms with Crippen LogP contribution in [0, 0.1) is 0 Å². The predicted octanol–water partition coefficient (Wildman–Crippen LogP) is 4.46. The van der Waals surface area contributed by atoms with E-state index in [-0.39, 0.29) is 11.7 Å². The van der Waals surface area contributed by atoms with Crippen LogP contribution >= 0.6 is 15.9 Å². The van der Waals surface area contributed by atoms with Gasteiger partial charge in [-0.05, 0) is 55.8 Å². The Bertz CT molecular complexity index is 744. The van der Waals surface area contributed by atoms with Crippen LogP contribution in [-0.2, 0) is 4.79 Å². The third-order valence-electron chi connectivity index (χ3n) is 3.50. The summed E-state index contributed by atoms with van der Waals surface area (Å²) in [5.74, 6) is 0.965. The van der Waals surface area contributed by atoms with E-state index >= 15 is 0 Å². The molecule has 0 heterocycles. The van der Waals surface area contributed by atoms with Crippen molar-refractivity contribution in [1.82, 2.24) is 0 Å². The van der Waals surface area contributed by atoms with Crippen LogP contribution in [-0.4, -0.2) is 25.4 Å². The van der Waals surface area contributed by atoms with Gasteiger partial charge in [0.25, 0.3) is 0 Å². The average molecular weight is 406 g/mol. The lowest BCUT2D eigenvalue weighted by molar-refractivity contribution is -0.116. The number of benzene rings is 2. The number of hydrogen-bond acceptors (Lipinski definition) is 4. The molecule has 1 amide bonds. The number of ketones is 1. The van der Waals surface area contributed by atoms with Crippen molar-refractivity contribution in [2.24, 2.45) is 0 Å². The Kier molecular flexibility index (Phi) is 7.01. The fourth-order valence-electron chi connectivity index (χ4n) is 2.18. The number of amides is 1. The van der Waals surface area contributed by atoms with Crippen molar-refractivity contribution in [2.75, 3.05) is 19.0 Å². The van der Waals surface area contributed by atoms with Crippen molar-refractivity contribution >= 4 is 33.3 Å². The fourth-order valence-corrected chi connectivity index (χ4v) is 2.44. The van der Waals surface area contributed by atoms with E-state index < -0.39 is 0 Å². The Hall–Kier alpha value is -2.34. The van der Waals surface area contributed by atoms with Crippen molar-refractivity contribution in [3.63, 3.8) is 0 Å². The maximum Gasteiger partial charge on any atom is 0.224 e. The van der Waals surface area contributed by atoms with Crippen LogP contribution in [0.25, 0.3) is 0 Å². The quantitative estimate of drug-likeness (QED) is 0.520. The van der Waals surface area contributed by atoms with E-state index in [0.717, 1.165) is 10.2 Å². The largest absolute Gasteiger partial charge is 0.493 e. The van der Waals surface area contributed by atoms with Gasteiger partial charge >= 0.3 is 0 Å². The van der Waals surface area contributed by atoms with Crippen LogP contribution in [0.4, 0.5) is 5.69 Å². The Morgan fingerprint density at radius 1 is 1.08 bits per heavy atom. The van der Waals surface area contributed by atoms with E-state index in [4.69, 9.17) is 9.47 Å². The maximum absolute atomic E-state index is 11.9. The molecule has 0 saturated carbocycles. The summed E-state index contributed by atoms with van der Waals surface area (Å²) >= 11 is 3.35. The molecule has 1 N–H and O–H groups in total. The summed E-state index contributed by atoms with van der Waals surface area (Å²) in [5, 5.41) is 2.83. The maximum atomic E-state index is 11.9. The molecule has 25 heavy (non-hydrogen) atoms. The average Bonchev–Trinajstić information content (AvgIpc) is 2.60. The van der Waals surface area contributed by atoms with Gasteiger partial charge < -0.3 is 14.8 Å². The lowest BCUT2D eigenvalue weighted by Gasteiger charge is -2.11. The highest BCUT2D eigenvalue weighted by Crippen LogP contribution is 2.28. The lowest BCUT2D eigenvalue weighted by Crippen LogP contribution is -2.12. The Labute approximate surface area is 155 Å². The predicted molar refractivity (Wildman–Crippen MR) is 100 cm³/mol. The van der Waals surface area contributed by atoms with E-state index in [0.29, 0.717) is 36.5 Å². The zero-order valence-electron chi connectivity index (χ0n) is 14.2. The number of nitrogens with one attached hydrogen (secondary N) is 1. The van der Waals surface area contributed by atoms with Crippen LogP contribution in [0.5, 0.6) is 11.5 Å². The summed E-state index contributed by atoms with van der Waals surface area (Å²) in [6, 6.07) is 12.5. The molecule has 0 fully saturated rings. The molecule has 0 aliphatic heterocycles. The molecule has 0 aliphatic carbocycles. The standard InChI is InChI=1S/C19H20BrNO4/c1-13(22)14-5-10-17(18(12-14)24-2)25-11-3-4-19(23)21-16-8-6-15(20)7-9-16/h5-10,12H,3-4,11H2,1-2H3,(H,21,23). The second kappa shape index (κ2) is 9.22. The van der Waals surface area contributed by atoms with Gasteiger partial charge in [-0.1, -0.05) is 15.9 Å². The van der Waals surface area contributed by atoms with Gasteiger partial charge in [0, 0.05) is 22.1 Å². The van der Waals surface area contributed by atoms with Crippen molar-refractivity contribution in [3.8, 4) is 11.5 Å². The number of hydrogen-bond donors (Lipinski definition) is 1. The van der Waals surface area contributed by atoms with Crippen LogP contribution in [0.2, 0.25) is 0 Å². The first kappa shape index (κ1) is 19.0. The highest BCUT2D eigenvalue weighted by atomic mass is 79.9. The molecule has 132 valence electrons. The number of halogens is 1. The second-order valence-electron chi connectivity index (χ2n) is 5.43. The monoisotopic (exact) mass is 405 g/mol. The fraction of sp³-hybridized carbons (Fsp3) is 0.263. The van der Waals surface area contributed by atoms with Gasteiger partial charge in [-0.3, -0.25) is 9.59 Å². The molecule has 6 heteroatoms. The lowest BCUT2D eigenvalue weighted by atomic mass is 10.1. The van der Waals surface area contributed by atoms with E-state index in [1.54, 1.807) is 18.2 Å². The summed E-state index contributed by atoms with van der Waals surface area (Å²) < 4.78 is 11.9. The molecule has 0 atom stereocenters. The highest BCUT2D eigenvalue weighted by Gasteiger charge is 2.09. The number of Topliss-reactive ketones (excluding diaryl/α,β-unsaturated/α-hetero) is 1. The van der Waals surface area contributed by atoms with E-state index in [9.17, 15) is 9.59 Å². The number of rotatable bonds is 8. The van der Waals surface area contributed by atoms with Crippen LogP contribution in [0.15, 0.2) is 46.9 Å². The number of anilines is 1. The van der Waals surface area contributed by atoms with E-state index in [2.05, 4.69) is 21.2 Å². The first-order valence-corrected chi connectivity index (χ1v) is 8.66. The highest BCUT2D eigenvalue weighted by molar-refractivity contribution is 9.10. The topological polar surface area (TPSA) is 64.6 Å². The molecular weight excluding hydrogens is 386 g/mol. The molecule has 0 unspecified atom stereocenters. The van der Waals surface area contributed by atoms with Crippen LogP contribution in [0.1, 0.15) is 30.1 Å². The Morgan fingerprint density at radius 3 is 2.44 bits per heavy atom. The first-order chi connectivity index (χ1) is 12.0. The van der Waals surface area contributed by atoms with Crippen molar-refractivity contribution in [1.29, 1.82) is 0 Å². The number of ether oxygens (including phenoxy) is 2. The Morgan fingerprint density at radius 2 is 1.80 bits per heavy atom. The zero-order valence-corrected chi connectivity index (χ0v) is 15.8. The SMILES string of the molecule is COc1cc(C(C)=O)ccc1OCCCC(=O)Nc1ccc(Br)cc1. The zero-order chi connectivity index (χ0) is 18.2. The minimum Gasteiger partial charge on any atom is -0.493 e. The molecule has 0 saturated heterocycles. The summed E-state index contributed by atoms with van der Waals surface area (Å²) in [7, 11) is 1.53. The third-order valence-corrected chi connectivity index (χ3v) is 4.03. The van der Waals surface area contributed by atoms with E-state index in [1.165, 1.54) is 14.0 Å². The smallest absolute Gasteiger partial charge is 0.224 e. The van der Waals surface area contributed by atoms with Gasteiger partial charge in [-0.2, -0.15) is 0 Å². The van der Waals surface area contributed by atoms with Gasteiger partial charge in [-0.15, -0.1) is 0 Å². The molecule has 5 nitrogen and oxygen atoms in total. The normalized spacial score (nSPS) is 10.2. The van der Waals surface area contributed by atoms with E-state index in [1.807, 2.05) is 24.3 Å². The molecule has 0 bridgehead atoms. The summed E-state index contributed by atoms with van der Waals surface area (Å²) in [6.45, 7) is 1.88. The molecule has 2 rings (SSSR count). The van der Waals surface area contributed by atoms with Gasteiger partial charge in [0.15, 0.2) is 17.3 Å². The van der Waals surface area contributed by atoms with Crippen LogP contribution < -0.4 is 14.8 Å². The molecule has 0 aromatic heterocycles. The minimum atomic E-state index is -0.0650. The number of carbonyl (C=O) groups excluding carboxylic acids is 2. The first-order valence-electron chi connectivity index (χ1n) is 7.87. The number of carbonyl (C=O) groups is 2. The molecule has 2 aromatic carbocycles. The molecule has 2 aromatic rings. The summed E-state index contributed by atoms with van der Waals surface area (Å²) in [5.41, 5.74) is 1.33. The van der Waals surface area contributed by atoms with Gasteiger partial charge in [0.2, 0.25) is 5.91 Å². The van der Waals surface area contributed by atoms with Crippen LogP contribution in [0.3, 0.4) is 0 Å². The molecule has 0 aliphatic rings. The van der Waals surface area contributed by atoms with Gasteiger partial charge in [0.05, 0.1) is 13.7 Å². The summed E-state index contributed by atoms with van der Waals surface area (Å²) in [6.07, 6.45) is 0.921. The van der Waals surface area contributed by atoms with Crippen molar-refractivity contribution in [2.45, 2.75) is 19.8 Å². The van der Waals surface area contributed by atoms with Gasteiger partial charge in [0.1, 0.15) is 0 Å². The van der Waals surface area contributed by atoms with Crippen molar-refractivity contribution in [3.05, 3.63) is 52.5 Å². The third kappa shape index (κ3) is 5.90. The van der Waals surface area contributed by atoms with Crippen molar-refractivity contribution < 1.29 is 19.1 Å².